The normalized spacial score (nSPS) is 10.1. The van der Waals surface area contributed by atoms with Crippen molar-refractivity contribution < 1.29 is 4.74 Å². The summed E-state index contributed by atoms with van der Waals surface area (Å²) < 4.78 is 6.99. The zero-order chi connectivity index (χ0) is 11.5. The van der Waals surface area contributed by atoms with Crippen LogP contribution in [0.3, 0.4) is 0 Å². The van der Waals surface area contributed by atoms with E-state index < -0.39 is 0 Å². The van der Waals surface area contributed by atoms with Gasteiger partial charge in [-0.15, -0.1) is 0 Å². The molecule has 16 heavy (non-hydrogen) atoms. The van der Waals surface area contributed by atoms with E-state index in [0.717, 1.165) is 3.57 Å². The molecule has 6 heteroatoms. The van der Waals surface area contributed by atoms with Gasteiger partial charge in [0.2, 0.25) is 5.88 Å². The lowest BCUT2D eigenvalue weighted by molar-refractivity contribution is 0.453. The van der Waals surface area contributed by atoms with Crippen LogP contribution >= 0.6 is 45.2 Å². The average molecular weight is 440 g/mol. The summed E-state index contributed by atoms with van der Waals surface area (Å²) in [6, 6.07) is 7.55. The van der Waals surface area contributed by atoms with Gasteiger partial charge in [-0.25, -0.2) is 4.98 Å². The summed E-state index contributed by atoms with van der Waals surface area (Å²) in [5.41, 5.74) is -0.198. The number of rotatable bonds is 2. The van der Waals surface area contributed by atoms with Gasteiger partial charge in [0, 0.05) is 0 Å². The molecule has 0 unspecified atom stereocenters. The van der Waals surface area contributed by atoms with Gasteiger partial charge in [0.25, 0.3) is 5.56 Å². The molecular formula is C10H6I2N2O2. The molecule has 0 fully saturated rings. The maximum atomic E-state index is 11.3. The van der Waals surface area contributed by atoms with Crippen molar-refractivity contribution in [2.24, 2.45) is 0 Å². The smallest absolute Gasteiger partial charge is 0.268 e. The molecule has 0 aliphatic carbocycles. The Morgan fingerprint density at radius 2 is 2.00 bits per heavy atom. The molecule has 0 atom stereocenters. The lowest BCUT2D eigenvalue weighted by Crippen LogP contribution is -2.11. The molecule has 0 aliphatic heterocycles. The number of nitrogens with zero attached hydrogens (tertiary/aromatic N) is 1. The summed E-state index contributed by atoms with van der Waals surface area (Å²) in [5, 5.41) is 0. The third kappa shape index (κ3) is 2.54. The molecule has 0 amide bonds. The zero-order valence-electron chi connectivity index (χ0n) is 7.91. The number of nitrogens with one attached hydrogen (secondary N) is 1. The Kier molecular flexibility index (Phi) is 3.79. The molecule has 1 heterocycles. The number of hydrogen-bond donors (Lipinski definition) is 1. The van der Waals surface area contributed by atoms with Gasteiger partial charge in [0.05, 0.1) is 9.90 Å². The van der Waals surface area contributed by atoms with E-state index >= 15 is 0 Å². The highest BCUT2D eigenvalue weighted by molar-refractivity contribution is 14.1. The Balaban J connectivity index is 2.38. The number of para-hydroxylation sites is 1. The van der Waals surface area contributed by atoms with Crippen LogP contribution in [0.1, 0.15) is 0 Å². The molecule has 0 aliphatic rings. The topological polar surface area (TPSA) is 55.0 Å². The lowest BCUT2D eigenvalue weighted by Gasteiger charge is -2.06. The summed E-state index contributed by atoms with van der Waals surface area (Å²) in [5.74, 6) is 1.02. The van der Waals surface area contributed by atoms with Crippen molar-refractivity contribution in [3.8, 4) is 11.6 Å². The SMILES string of the molecule is O=c1[nH]cnc(Oc2ccccc2I)c1I. The van der Waals surface area contributed by atoms with E-state index in [2.05, 4.69) is 32.6 Å². The third-order valence-corrected chi connectivity index (χ3v) is 3.65. The maximum absolute atomic E-state index is 11.3. The number of benzene rings is 1. The average Bonchev–Trinajstić information content (AvgIpc) is 2.28. The second-order valence-corrected chi connectivity index (χ2v) is 5.12. The van der Waals surface area contributed by atoms with E-state index in [1.54, 1.807) is 0 Å². The Morgan fingerprint density at radius 1 is 1.25 bits per heavy atom. The van der Waals surface area contributed by atoms with Gasteiger partial charge in [0.1, 0.15) is 9.32 Å². The standard InChI is InChI=1S/C10H6I2N2O2/c11-6-3-1-2-4-7(6)16-10-8(12)9(15)13-5-14-10/h1-5H,(H,13,14,15). The zero-order valence-corrected chi connectivity index (χ0v) is 12.2. The molecule has 0 saturated carbocycles. The van der Waals surface area contributed by atoms with Crippen molar-refractivity contribution in [1.29, 1.82) is 0 Å². The van der Waals surface area contributed by atoms with E-state index in [0.29, 0.717) is 15.2 Å². The maximum Gasteiger partial charge on any atom is 0.268 e. The van der Waals surface area contributed by atoms with Gasteiger partial charge in [-0.1, -0.05) is 12.1 Å². The van der Waals surface area contributed by atoms with Crippen LogP contribution in [0.15, 0.2) is 35.4 Å². The van der Waals surface area contributed by atoms with E-state index in [1.807, 2.05) is 46.9 Å². The highest BCUT2D eigenvalue weighted by Crippen LogP contribution is 2.26. The number of ether oxygens (including phenoxy) is 1. The lowest BCUT2D eigenvalue weighted by atomic mass is 10.3. The first-order valence-corrected chi connectivity index (χ1v) is 6.50. The summed E-state index contributed by atoms with van der Waals surface area (Å²) in [4.78, 5) is 17.8. The molecule has 0 saturated heterocycles. The minimum Gasteiger partial charge on any atom is -0.437 e. The van der Waals surface area contributed by atoms with Crippen LogP contribution in [0.2, 0.25) is 0 Å². The van der Waals surface area contributed by atoms with Gasteiger partial charge in [0.15, 0.2) is 0 Å². The minimum atomic E-state index is -0.198. The second-order valence-electron chi connectivity index (χ2n) is 2.88. The predicted octanol–water partition coefficient (Wildman–Crippen LogP) is 2.77. The quantitative estimate of drug-likeness (QED) is 0.732. The minimum absolute atomic E-state index is 0.198. The second kappa shape index (κ2) is 5.13. The number of aromatic nitrogens is 2. The van der Waals surface area contributed by atoms with Crippen molar-refractivity contribution in [3.63, 3.8) is 0 Å². The van der Waals surface area contributed by atoms with Crippen molar-refractivity contribution in [3.05, 3.63) is 48.1 Å². The fourth-order valence-electron chi connectivity index (χ4n) is 1.07. The van der Waals surface area contributed by atoms with Gasteiger partial charge in [-0.2, -0.15) is 0 Å². The molecule has 1 N–H and O–H groups in total. The first kappa shape index (κ1) is 11.8. The summed E-state index contributed by atoms with van der Waals surface area (Å²) in [6.45, 7) is 0. The van der Waals surface area contributed by atoms with E-state index in [-0.39, 0.29) is 5.56 Å². The Bertz CT molecular complexity index is 569. The molecule has 1 aromatic carbocycles. The van der Waals surface area contributed by atoms with Gasteiger partial charge >= 0.3 is 0 Å². The van der Waals surface area contributed by atoms with Crippen LogP contribution < -0.4 is 10.3 Å². The first-order chi connectivity index (χ1) is 7.68. The molecule has 82 valence electrons. The molecule has 2 aromatic rings. The van der Waals surface area contributed by atoms with Crippen molar-refractivity contribution in [2.45, 2.75) is 0 Å². The molecule has 0 spiro atoms. The molecule has 1 aromatic heterocycles. The van der Waals surface area contributed by atoms with Crippen molar-refractivity contribution in [2.75, 3.05) is 0 Å². The fraction of sp³-hybridized carbons (Fsp3) is 0. The van der Waals surface area contributed by atoms with Crippen LogP contribution in [0.25, 0.3) is 0 Å². The molecular weight excluding hydrogens is 434 g/mol. The highest BCUT2D eigenvalue weighted by Gasteiger charge is 2.08. The predicted molar refractivity (Wildman–Crippen MR) is 76.8 cm³/mol. The van der Waals surface area contributed by atoms with Crippen LogP contribution in [0.5, 0.6) is 11.6 Å². The third-order valence-electron chi connectivity index (χ3n) is 1.81. The number of halogens is 2. The molecule has 0 radical (unpaired) electrons. The van der Waals surface area contributed by atoms with Crippen LogP contribution in [0, 0.1) is 7.14 Å². The van der Waals surface area contributed by atoms with Gasteiger partial charge in [-0.3, -0.25) is 4.79 Å². The van der Waals surface area contributed by atoms with E-state index in [1.165, 1.54) is 6.33 Å². The Hall–Kier alpha value is -0.640. The Labute approximate surface area is 119 Å². The highest BCUT2D eigenvalue weighted by atomic mass is 127. The van der Waals surface area contributed by atoms with Gasteiger partial charge in [-0.05, 0) is 57.3 Å². The summed E-state index contributed by atoms with van der Waals surface area (Å²) in [6.07, 6.45) is 1.33. The Morgan fingerprint density at radius 3 is 2.75 bits per heavy atom. The number of aromatic amines is 1. The van der Waals surface area contributed by atoms with Crippen molar-refractivity contribution >= 4 is 45.2 Å². The first-order valence-electron chi connectivity index (χ1n) is 4.34. The van der Waals surface area contributed by atoms with Crippen LogP contribution in [-0.4, -0.2) is 9.97 Å². The van der Waals surface area contributed by atoms with Gasteiger partial charge < -0.3 is 9.72 Å². The van der Waals surface area contributed by atoms with E-state index in [9.17, 15) is 4.79 Å². The van der Waals surface area contributed by atoms with E-state index in [4.69, 9.17) is 4.74 Å². The molecule has 4 nitrogen and oxygen atoms in total. The van der Waals surface area contributed by atoms with Crippen molar-refractivity contribution in [1.82, 2.24) is 9.97 Å². The molecule has 2 rings (SSSR count). The number of hydrogen-bond acceptors (Lipinski definition) is 3. The largest absolute Gasteiger partial charge is 0.437 e. The van der Waals surface area contributed by atoms with Crippen LogP contribution in [-0.2, 0) is 0 Å². The fourth-order valence-corrected chi connectivity index (χ4v) is 1.97. The molecule has 0 bridgehead atoms. The van der Waals surface area contributed by atoms with Crippen LogP contribution in [0.4, 0.5) is 0 Å². The summed E-state index contributed by atoms with van der Waals surface area (Å²) in [7, 11) is 0. The summed E-state index contributed by atoms with van der Waals surface area (Å²) >= 11 is 4.08. The monoisotopic (exact) mass is 440 g/mol. The number of H-pyrrole nitrogens is 1.